The Bertz CT molecular complexity index is 388. The number of hydrogen-bond acceptors (Lipinski definition) is 1. The molecule has 0 radical (unpaired) electrons. The van der Waals surface area contributed by atoms with Crippen molar-refractivity contribution in [2.75, 3.05) is 6.54 Å². The van der Waals surface area contributed by atoms with Crippen molar-refractivity contribution in [3.05, 3.63) is 35.4 Å². The van der Waals surface area contributed by atoms with Gasteiger partial charge in [-0.15, -0.1) is 11.6 Å². The van der Waals surface area contributed by atoms with E-state index in [0.29, 0.717) is 11.4 Å². The molecule has 92 valence electrons. The topological polar surface area (TPSA) is 29.1 Å². The molecule has 1 aliphatic carbocycles. The van der Waals surface area contributed by atoms with Gasteiger partial charge in [-0.2, -0.15) is 0 Å². The monoisotopic (exact) mass is 251 g/mol. The van der Waals surface area contributed by atoms with Crippen LogP contribution < -0.4 is 5.32 Å². The second-order valence-electron chi connectivity index (χ2n) is 4.68. The maximum absolute atomic E-state index is 11.8. The minimum Gasteiger partial charge on any atom is -0.352 e. The molecule has 0 unspecified atom stereocenters. The van der Waals surface area contributed by atoms with Crippen molar-refractivity contribution in [1.29, 1.82) is 0 Å². The van der Waals surface area contributed by atoms with Crippen LogP contribution >= 0.6 is 11.6 Å². The average Bonchev–Trinajstić information content (AvgIpc) is 3.18. The molecule has 0 bridgehead atoms. The zero-order valence-corrected chi connectivity index (χ0v) is 10.7. The number of hydrogen-bond donors (Lipinski definition) is 1. The van der Waals surface area contributed by atoms with E-state index < -0.39 is 0 Å². The van der Waals surface area contributed by atoms with Gasteiger partial charge in [-0.1, -0.05) is 25.0 Å². The van der Waals surface area contributed by atoms with Crippen molar-refractivity contribution < 1.29 is 4.79 Å². The molecule has 1 saturated carbocycles. The van der Waals surface area contributed by atoms with E-state index in [0.717, 1.165) is 24.4 Å². The smallest absolute Gasteiger partial charge is 0.251 e. The molecule has 0 spiro atoms. The maximum Gasteiger partial charge on any atom is 0.251 e. The van der Waals surface area contributed by atoms with Crippen LogP contribution in [0.15, 0.2) is 24.3 Å². The van der Waals surface area contributed by atoms with Gasteiger partial charge in [-0.05, 0) is 36.5 Å². The fraction of sp³-hybridized carbons (Fsp3) is 0.500. The van der Waals surface area contributed by atoms with Crippen molar-refractivity contribution in [2.24, 2.45) is 5.92 Å². The summed E-state index contributed by atoms with van der Waals surface area (Å²) in [5.74, 6) is 1.39. The number of halogens is 1. The number of amides is 1. The minimum absolute atomic E-state index is 0.00719. The fourth-order valence-electron chi connectivity index (χ4n) is 1.90. The Morgan fingerprint density at radius 3 is 2.94 bits per heavy atom. The number of rotatable bonds is 6. The predicted octanol–water partition coefficient (Wildman–Crippen LogP) is 3.35. The van der Waals surface area contributed by atoms with Crippen LogP contribution in [0.4, 0.5) is 0 Å². The van der Waals surface area contributed by atoms with Crippen molar-refractivity contribution in [3.8, 4) is 0 Å². The second kappa shape index (κ2) is 6.06. The van der Waals surface area contributed by atoms with Crippen molar-refractivity contribution >= 4 is 17.5 Å². The zero-order valence-electron chi connectivity index (χ0n) is 9.92. The molecule has 0 aromatic heterocycles. The van der Waals surface area contributed by atoms with Crippen molar-refractivity contribution in [1.82, 2.24) is 5.32 Å². The second-order valence-corrected chi connectivity index (χ2v) is 4.94. The van der Waals surface area contributed by atoms with Crippen LogP contribution in [0.2, 0.25) is 0 Å². The molecule has 2 nitrogen and oxygen atoms in total. The van der Waals surface area contributed by atoms with E-state index in [1.807, 2.05) is 24.3 Å². The standard InChI is InChI=1S/C14H18ClNO/c15-10-12-3-1-5-13(9-12)14(17)16-8-2-4-11-6-7-11/h1,3,5,9,11H,2,4,6-8,10H2,(H,16,17). The summed E-state index contributed by atoms with van der Waals surface area (Å²) in [5, 5.41) is 2.95. The highest BCUT2D eigenvalue weighted by Gasteiger charge is 2.20. The first-order valence-corrected chi connectivity index (χ1v) is 6.76. The van der Waals surface area contributed by atoms with Crippen molar-refractivity contribution in [3.63, 3.8) is 0 Å². The van der Waals surface area contributed by atoms with Gasteiger partial charge in [0.05, 0.1) is 0 Å². The summed E-state index contributed by atoms with van der Waals surface area (Å²) < 4.78 is 0. The van der Waals surface area contributed by atoms with E-state index in [9.17, 15) is 4.79 Å². The fourth-order valence-corrected chi connectivity index (χ4v) is 2.06. The molecule has 1 amide bonds. The van der Waals surface area contributed by atoms with Crippen LogP contribution in [0.1, 0.15) is 41.6 Å². The molecule has 2 rings (SSSR count). The Balaban J connectivity index is 1.76. The first kappa shape index (κ1) is 12.4. The third-order valence-corrected chi connectivity index (χ3v) is 3.42. The molecule has 1 aromatic carbocycles. The number of carbonyl (C=O) groups is 1. The molecular formula is C14H18ClNO. The first-order valence-electron chi connectivity index (χ1n) is 6.22. The highest BCUT2D eigenvalue weighted by atomic mass is 35.5. The largest absolute Gasteiger partial charge is 0.352 e. The Labute approximate surface area is 107 Å². The molecule has 0 heterocycles. The van der Waals surface area contributed by atoms with E-state index in [1.165, 1.54) is 19.3 Å². The summed E-state index contributed by atoms with van der Waals surface area (Å²) >= 11 is 5.74. The lowest BCUT2D eigenvalue weighted by molar-refractivity contribution is 0.0952. The highest BCUT2D eigenvalue weighted by molar-refractivity contribution is 6.17. The van der Waals surface area contributed by atoms with Gasteiger partial charge in [0.1, 0.15) is 0 Å². The predicted molar refractivity (Wildman–Crippen MR) is 70.3 cm³/mol. The summed E-state index contributed by atoms with van der Waals surface area (Å²) in [5.41, 5.74) is 1.69. The number of nitrogens with one attached hydrogen (secondary N) is 1. The third kappa shape index (κ3) is 4.04. The van der Waals surface area contributed by atoms with Crippen molar-refractivity contribution in [2.45, 2.75) is 31.6 Å². The Hall–Kier alpha value is -1.02. The molecule has 1 aromatic rings. The quantitative estimate of drug-likeness (QED) is 0.610. The molecule has 17 heavy (non-hydrogen) atoms. The molecule has 1 aliphatic rings. The Morgan fingerprint density at radius 1 is 1.41 bits per heavy atom. The van der Waals surface area contributed by atoms with Gasteiger partial charge in [0.25, 0.3) is 5.91 Å². The minimum atomic E-state index is 0.00719. The van der Waals surface area contributed by atoms with Crippen LogP contribution in [0, 0.1) is 5.92 Å². The maximum atomic E-state index is 11.8. The molecule has 1 fully saturated rings. The van der Waals surface area contributed by atoms with Gasteiger partial charge >= 0.3 is 0 Å². The SMILES string of the molecule is O=C(NCCCC1CC1)c1cccc(CCl)c1. The third-order valence-electron chi connectivity index (χ3n) is 3.12. The molecular weight excluding hydrogens is 234 g/mol. The van der Waals surface area contributed by atoms with Gasteiger partial charge < -0.3 is 5.32 Å². The Kier molecular flexibility index (Phi) is 4.43. The van der Waals surface area contributed by atoms with Crippen LogP contribution in [0.25, 0.3) is 0 Å². The number of alkyl halides is 1. The average molecular weight is 252 g/mol. The lowest BCUT2D eigenvalue weighted by Crippen LogP contribution is -2.24. The van der Waals surface area contributed by atoms with Gasteiger partial charge in [0.15, 0.2) is 0 Å². The van der Waals surface area contributed by atoms with Crippen LogP contribution in [0.5, 0.6) is 0 Å². The number of benzene rings is 1. The van der Waals surface area contributed by atoms with Gasteiger partial charge in [0, 0.05) is 18.0 Å². The first-order chi connectivity index (χ1) is 8.29. The normalized spacial score (nSPS) is 14.6. The van der Waals surface area contributed by atoms with E-state index in [1.54, 1.807) is 0 Å². The molecule has 0 saturated heterocycles. The lowest BCUT2D eigenvalue weighted by Gasteiger charge is -2.05. The molecule has 3 heteroatoms. The molecule has 0 atom stereocenters. The van der Waals surface area contributed by atoms with E-state index in [4.69, 9.17) is 11.6 Å². The summed E-state index contributed by atoms with van der Waals surface area (Å²) in [6.45, 7) is 0.778. The molecule has 1 N–H and O–H groups in total. The summed E-state index contributed by atoms with van der Waals surface area (Å²) in [6.07, 6.45) is 5.10. The van der Waals surface area contributed by atoms with Crippen LogP contribution in [-0.2, 0) is 5.88 Å². The number of carbonyl (C=O) groups excluding carboxylic acids is 1. The highest BCUT2D eigenvalue weighted by Crippen LogP contribution is 2.33. The zero-order chi connectivity index (χ0) is 12.1. The van der Waals surface area contributed by atoms with E-state index >= 15 is 0 Å². The van der Waals surface area contributed by atoms with E-state index in [-0.39, 0.29) is 5.91 Å². The van der Waals surface area contributed by atoms with Crippen LogP contribution in [0.3, 0.4) is 0 Å². The molecule has 0 aliphatic heterocycles. The lowest BCUT2D eigenvalue weighted by atomic mass is 10.1. The van der Waals surface area contributed by atoms with Crippen LogP contribution in [-0.4, -0.2) is 12.5 Å². The Morgan fingerprint density at radius 2 is 2.24 bits per heavy atom. The summed E-state index contributed by atoms with van der Waals surface area (Å²) in [7, 11) is 0. The van der Waals surface area contributed by atoms with Gasteiger partial charge in [0.2, 0.25) is 0 Å². The van der Waals surface area contributed by atoms with E-state index in [2.05, 4.69) is 5.32 Å². The summed E-state index contributed by atoms with van der Waals surface area (Å²) in [4.78, 5) is 11.8. The van der Waals surface area contributed by atoms with Gasteiger partial charge in [-0.3, -0.25) is 4.79 Å². The summed E-state index contributed by atoms with van der Waals surface area (Å²) in [6, 6.07) is 7.48. The van der Waals surface area contributed by atoms with Gasteiger partial charge in [-0.25, -0.2) is 0 Å².